The minimum absolute atomic E-state index is 0.0510. The van der Waals surface area contributed by atoms with Crippen molar-refractivity contribution < 1.29 is 28.9 Å². The molecule has 34 heavy (non-hydrogen) atoms. The molecule has 1 unspecified atom stereocenters. The van der Waals surface area contributed by atoms with Gasteiger partial charge in [0.1, 0.15) is 28.6 Å². The van der Waals surface area contributed by atoms with E-state index in [-0.39, 0.29) is 16.9 Å². The van der Waals surface area contributed by atoms with Gasteiger partial charge in [0, 0.05) is 11.8 Å². The van der Waals surface area contributed by atoms with Crippen LogP contribution in [0.4, 0.5) is 5.69 Å². The second-order valence-electron chi connectivity index (χ2n) is 7.76. The third-order valence-corrected chi connectivity index (χ3v) is 5.92. The van der Waals surface area contributed by atoms with E-state index in [4.69, 9.17) is 14.2 Å². The number of nitrogens with zero attached hydrogens (tertiary/aromatic N) is 1. The number of carbonyl (C=O) groups is 2. The highest BCUT2D eigenvalue weighted by atomic mass is 16.5. The number of aliphatic hydroxyl groups is 1. The van der Waals surface area contributed by atoms with E-state index in [1.54, 1.807) is 42.5 Å². The first-order chi connectivity index (χ1) is 16.4. The number of ether oxygens (including phenoxy) is 3. The molecular formula is C27H25NO6. The summed E-state index contributed by atoms with van der Waals surface area (Å²) in [5, 5.41) is 11.5. The van der Waals surface area contributed by atoms with Gasteiger partial charge >= 0.3 is 0 Å². The van der Waals surface area contributed by atoms with Crippen molar-refractivity contribution >= 4 is 23.1 Å². The van der Waals surface area contributed by atoms with Gasteiger partial charge in [-0.15, -0.1) is 0 Å². The Morgan fingerprint density at radius 2 is 1.50 bits per heavy atom. The van der Waals surface area contributed by atoms with E-state index in [9.17, 15) is 14.7 Å². The lowest BCUT2D eigenvalue weighted by atomic mass is 9.92. The maximum Gasteiger partial charge on any atom is 0.300 e. The lowest BCUT2D eigenvalue weighted by molar-refractivity contribution is -0.132. The zero-order valence-electron chi connectivity index (χ0n) is 19.4. The Labute approximate surface area is 197 Å². The first-order valence-electron chi connectivity index (χ1n) is 10.6. The van der Waals surface area contributed by atoms with Crippen molar-refractivity contribution in [2.24, 2.45) is 0 Å². The molecule has 4 rings (SSSR count). The molecule has 0 saturated carbocycles. The van der Waals surface area contributed by atoms with E-state index in [0.29, 0.717) is 28.5 Å². The highest BCUT2D eigenvalue weighted by molar-refractivity contribution is 6.51. The third-order valence-electron chi connectivity index (χ3n) is 5.92. The average Bonchev–Trinajstić information content (AvgIpc) is 3.13. The number of amides is 1. The highest BCUT2D eigenvalue weighted by Gasteiger charge is 2.48. The predicted molar refractivity (Wildman–Crippen MR) is 129 cm³/mol. The molecule has 3 aromatic carbocycles. The summed E-state index contributed by atoms with van der Waals surface area (Å²) < 4.78 is 16.2. The van der Waals surface area contributed by atoms with E-state index < -0.39 is 17.7 Å². The van der Waals surface area contributed by atoms with Crippen LogP contribution in [0.15, 0.2) is 72.3 Å². The van der Waals surface area contributed by atoms with Gasteiger partial charge in [-0.3, -0.25) is 14.5 Å². The van der Waals surface area contributed by atoms with E-state index >= 15 is 0 Å². The van der Waals surface area contributed by atoms with Gasteiger partial charge in [-0.05, 0) is 42.3 Å². The normalized spacial score (nSPS) is 17.1. The second-order valence-corrected chi connectivity index (χ2v) is 7.76. The first kappa shape index (κ1) is 22.9. The molecule has 1 amide bonds. The van der Waals surface area contributed by atoms with Crippen LogP contribution in [-0.2, 0) is 9.59 Å². The van der Waals surface area contributed by atoms with E-state index in [0.717, 1.165) is 5.56 Å². The molecule has 1 fully saturated rings. The molecule has 0 bridgehead atoms. The summed E-state index contributed by atoms with van der Waals surface area (Å²) in [6.07, 6.45) is 0. The molecule has 0 aromatic heterocycles. The molecular weight excluding hydrogens is 434 g/mol. The monoisotopic (exact) mass is 459 g/mol. The summed E-state index contributed by atoms with van der Waals surface area (Å²) in [5.41, 5.74) is 2.19. The molecule has 1 aliphatic heterocycles. The number of anilines is 1. The van der Waals surface area contributed by atoms with Gasteiger partial charge in [-0.2, -0.15) is 0 Å². The minimum atomic E-state index is -0.872. The summed E-state index contributed by atoms with van der Waals surface area (Å²) in [6.45, 7) is 1.89. The van der Waals surface area contributed by atoms with Crippen molar-refractivity contribution in [1.82, 2.24) is 0 Å². The maximum absolute atomic E-state index is 13.4. The summed E-state index contributed by atoms with van der Waals surface area (Å²) in [4.78, 5) is 28.2. The van der Waals surface area contributed by atoms with Crippen LogP contribution in [0.3, 0.4) is 0 Å². The zero-order valence-corrected chi connectivity index (χ0v) is 19.4. The van der Waals surface area contributed by atoms with Crippen molar-refractivity contribution in [3.63, 3.8) is 0 Å². The lowest BCUT2D eigenvalue weighted by Crippen LogP contribution is -2.29. The SMILES string of the molecule is COc1cccc(N2C(=O)C(=O)/C(=C(/O)c3c(OC)cccc3OC)C2c2ccccc2C)c1. The van der Waals surface area contributed by atoms with Crippen molar-refractivity contribution in [1.29, 1.82) is 0 Å². The van der Waals surface area contributed by atoms with E-state index in [1.807, 2.05) is 31.2 Å². The number of hydrogen-bond donors (Lipinski definition) is 1. The number of methoxy groups -OCH3 is 3. The molecule has 174 valence electrons. The summed E-state index contributed by atoms with van der Waals surface area (Å²) in [7, 11) is 4.44. The quantitative estimate of drug-likeness (QED) is 0.328. The molecule has 1 N–H and O–H groups in total. The van der Waals surface area contributed by atoms with E-state index in [1.165, 1.54) is 26.2 Å². The molecule has 0 aliphatic carbocycles. The fourth-order valence-electron chi connectivity index (χ4n) is 4.27. The first-order valence-corrected chi connectivity index (χ1v) is 10.6. The van der Waals surface area contributed by atoms with Crippen molar-refractivity contribution in [2.45, 2.75) is 13.0 Å². The van der Waals surface area contributed by atoms with Crippen LogP contribution < -0.4 is 19.1 Å². The Balaban J connectivity index is 2.03. The van der Waals surface area contributed by atoms with Crippen LogP contribution in [0.1, 0.15) is 22.7 Å². The molecule has 1 heterocycles. The van der Waals surface area contributed by atoms with Crippen LogP contribution in [0.2, 0.25) is 0 Å². The molecule has 0 radical (unpaired) electrons. The van der Waals surface area contributed by atoms with Gasteiger partial charge in [-0.25, -0.2) is 0 Å². The molecule has 7 heteroatoms. The van der Waals surface area contributed by atoms with Gasteiger partial charge in [0.2, 0.25) is 0 Å². The van der Waals surface area contributed by atoms with Gasteiger partial charge in [0.05, 0.1) is 32.9 Å². The number of carbonyl (C=O) groups excluding carboxylic acids is 2. The molecule has 1 saturated heterocycles. The minimum Gasteiger partial charge on any atom is -0.506 e. The molecule has 1 atom stereocenters. The van der Waals surface area contributed by atoms with Gasteiger partial charge in [0.15, 0.2) is 0 Å². The standard InChI is InChI=1S/C27H25NO6/c1-16-9-5-6-12-19(16)24-23(25(29)22-20(33-3)13-8-14-21(22)34-4)26(30)27(31)28(24)17-10-7-11-18(15-17)32-2/h5-15,24,29H,1-4H3/b25-23+. The Kier molecular flexibility index (Phi) is 6.27. The van der Waals surface area contributed by atoms with Gasteiger partial charge in [-0.1, -0.05) is 36.4 Å². The molecule has 3 aromatic rings. The smallest absolute Gasteiger partial charge is 0.300 e. The third kappa shape index (κ3) is 3.75. The van der Waals surface area contributed by atoms with Crippen molar-refractivity contribution in [3.8, 4) is 17.2 Å². The fraction of sp³-hybridized carbons (Fsp3) is 0.185. The Hall–Kier alpha value is -4.26. The largest absolute Gasteiger partial charge is 0.506 e. The van der Waals surface area contributed by atoms with Crippen LogP contribution in [0, 0.1) is 6.92 Å². The number of aryl methyl sites for hydroxylation is 1. The lowest BCUT2D eigenvalue weighted by Gasteiger charge is -2.27. The summed E-state index contributed by atoms with van der Waals surface area (Å²) in [6, 6.07) is 18.5. The maximum atomic E-state index is 13.4. The average molecular weight is 459 g/mol. The van der Waals surface area contributed by atoms with Crippen LogP contribution in [-0.4, -0.2) is 38.1 Å². The number of Topliss-reactive ketones (excluding diaryl/α,β-unsaturated/α-hetero) is 1. The number of benzene rings is 3. The fourth-order valence-corrected chi connectivity index (χ4v) is 4.27. The number of aliphatic hydroxyl groups excluding tert-OH is 1. The van der Waals surface area contributed by atoms with Gasteiger partial charge < -0.3 is 19.3 Å². The Morgan fingerprint density at radius 1 is 0.853 bits per heavy atom. The molecule has 1 aliphatic rings. The Morgan fingerprint density at radius 3 is 2.12 bits per heavy atom. The molecule has 7 nitrogen and oxygen atoms in total. The highest BCUT2D eigenvalue weighted by Crippen LogP contribution is 2.46. The topological polar surface area (TPSA) is 85.3 Å². The summed E-state index contributed by atoms with van der Waals surface area (Å²) >= 11 is 0. The van der Waals surface area contributed by atoms with E-state index in [2.05, 4.69) is 0 Å². The second kappa shape index (κ2) is 9.31. The molecule has 0 spiro atoms. The summed E-state index contributed by atoms with van der Waals surface area (Å²) in [5.74, 6) is -0.764. The predicted octanol–water partition coefficient (Wildman–Crippen LogP) is 4.65. The zero-order chi connectivity index (χ0) is 24.4. The van der Waals surface area contributed by atoms with Crippen molar-refractivity contribution in [2.75, 3.05) is 26.2 Å². The van der Waals surface area contributed by atoms with Crippen LogP contribution in [0.5, 0.6) is 17.2 Å². The number of rotatable bonds is 6. The van der Waals surface area contributed by atoms with Gasteiger partial charge in [0.25, 0.3) is 11.7 Å². The Bertz CT molecular complexity index is 1270. The van der Waals surface area contributed by atoms with Crippen LogP contribution in [0.25, 0.3) is 5.76 Å². The number of hydrogen-bond acceptors (Lipinski definition) is 6. The van der Waals surface area contributed by atoms with Crippen molar-refractivity contribution in [3.05, 3.63) is 89.0 Å². The van der Waals surface area contributed by atoms with Crippen LogP contribution >= 0.6 is 0 Å². The number of ketones is 1.